The van der Waals surface area contributed by atoms with E-state index in [1.807, 2.05) is 0 Å². The van der Waals surface area contributed by atoms with Gasteiger partial charge in [-0.3, -0.25) is 0 Å². The second-order valence-corrected chi connectivity index (χ2v) is 14.0. The number of hydrogen-bond acceptors (Lipinski definition) is 3. The molecule has 1 aliphatic heterocycles. The van der Waals surface area contributed by atoms with E-state index < -0.39 is 0 Å². The monoisotopic (exact) mass is 502 g/mol. The molecule has 10 rings (SSSR count). The summed E-state index contributed by atoms with van der Waals surface area (Å²) in [6, 6.07) is 20.4. The van der Waals surface area contributed by atoms with E-state index in [4.69, 9.17) is 13.7 Å². The van der Waals surface area contributed by atoms with Crippen LogP contribution in [0.3, 0.4) is 0 Å². The predicted octanol–water partition coefficient (Wildman–Crippen LogP) is 7.61. The van der Waals surface area contributed by atoms with E-state index in [-0.39, 0.29) is 23.7 Å². The third-order valence-electron chi connectivity index (χ3n) is 11.7. The van der Waals surface area contributed by atoms with Crippen LogP contribution in [0.15, 0.2) is 59.0 Å². The molecule has 0 N–H and O–H groups in total. The van der Waals surface area contributed by atoms with Gasteiger partial charge in [-0.15, -0.1) is 0 Å². The van der Waals surface area contributed by atoms with E-state index >= 15 is 0 Å². The van der Waals surface area contributed by atoms with Gasteiger partial charge in [0.2, 0.25) is 0 Å². The smallest absolute Gasteiger partial charge is 0.455 e. The molecule has 1 saturated heterocycles. The number of benzene rings is 3. The molecule has 4 heteroatoms. The van der Waals surface area contributed by atoms with Crippen LogP contribution in [0.5, 0.6) is 0 Å². The Morgan fingerprint density at radius 3 is 2.11 bits per heavy atom. The van der Waals surface area contributed by atoms with Gasteiger partial charge in [-0.2, -0.15) is 0 Å². The highest BCUT2D eigenvalue weighted by Gasteiger charge is 2.62. The predicted molar refractivity (Wildman–Crippen MR) is 153 cm³/mol. The molecule has 3 nitrogen and oxygen atoms in total. The van der Waals surface area contributed by atoms with Gasteiger partial charge in [-0.05, 0) is 112 Å². The first-order valence-corrected chi connectivity index (χ1v) is 14.7. The van der Waals surface area contributed by atoms with Crippen LogP contribution in [0.4, 0.5) is 0 Å². The summed E-state index contributed by atoms with van der Waals surface area (Å²) in [7, 11) is -0.339. The molecule has 0 atom stereocenters. The minimum atomic E-state index is -0.347. The van der Waals surface area contributed by atoms with Crippen LogP contribution in [-0.2, 0) is 14.7 Å². The maximum Gasteiger partial charge on any atom is 0.494 e. The molecule has 38 heavy (non-hydrogen) atoms. The SMILES string of the molecule is CC1(C)OB(c2ccc3c(c2)C2(c4ccc5c(oc6ccccc65)c4-3)C3CC4CC(C3)CC2C4)OC1(C)C. The first-order chi connectivity index (χ1) is 18.3. The summed E-state index contributed by atoms with van der Waals surface area (Å²) in [6.45, 7) is 8.59. The summed E-state index contributed by atoms with van der Waals surface area (Å²) >= 11 is 0. The van der Waals surface area contributed by atoms with Crippen LogP contribution in [0.1, 0.15) is 70.9 Å². The van der Waals surface area contributed by atoms with Gasteiger partial charge in [0.15, 0.2) is 0 Å². The highest BCUT2D eigenvalue weighted by molar-refractivity contribution is 6.62. The van der Waals surface area contributed by atoms with Crippen molar-refractivity contribution in [1.29, 1.82) is 0 Å². The third-order valence-corrected chi connectivity index (χ3v) is 11.7. The molecule has 5 aliphatic carbocycles. The zero-order valence-electron chi connectivity index (χ0n) is 22.8. The summed E-state index contributed by atoms with van der Waals surface area (Å²) in [6.07, 6.45) is 6.92. The normalized spacial score (nSPS) is 33.5. The van der Waals surface area contributed by atoms with Gasteiger partial charge in [0.1, 0.15) is 11.2 Å². The van der Waals surface area contributed by atoms with Crippen molar-refractivity contribution < 1.29 is 13.7 Å². The molecule has 0 unspecified atom stereocenters. The lowest BCUT2D eigenvalue weighted by molar-refractivity contribution is -0.0399. The van der Waals surface area contributed by atoms with Crippen molar-refractivity contribution in [2.24, 2.45) is 23.7 Å². The van der Waals surface area contributed by atoms with E-state index in [0.29, 0.717) is 11.8 Å². The molecule has 192 valence electrons. The average molecular weight is 502 g/mol. The maximum atomic E-state index is 6.67. The quantitative estimate of drug-likeness (QED) is 0.251. The number of rotatable bonds is 1. The Kier molecular flexibility index (Phi) is 4.08. The van der Waals surface area contributed by atoms with Gasteiger partial charge in [-0.1, -0.05) is 48.5 Å². The molecule has 0 radical (unpaired) electrons. The molecular weight excluding hydrogens is 467 g/mol. The largest absolute Gasteiger partial charge is 0.494 e. The van der Waals surface area contributed by atoms with Crippen LogP contribution in [0, 0.1) is 23.7 Å². The highest BCUT2D eigenvalue weighted by Crippen LogP contribution is 2.70. The van der Waals surface area contributed by atoms with Gasteiger partial charge < -0.3 is 13.7 Å². The lowest BCUT2D eigenvalue weighted by Crippen LogP contribution is -2.55. The van der Waals surface area contributed by atoms with Crippen LogP contribution < -0.4 is 5.46 Å². The van der Waals surface area contributed by atoms with Gasteiger partial charge in [-0.25, -0.2) is 0 Å². The number of hydrogen-bond donors (Lipinski definition) is 0. The Labute approximate surface area is 225 Å². The second-order valence-electron chi connectivity index (χ2n) is 14.0. The van der Waals surface area contributed by atoms with E-state index in [1.165, 1.54) is 65.1 Å². The first-order valence-electron chi connectivity index (χ1n) is 14.7. The molecule has 5 fully saturated rings. The topological polar surface area (TPSA) is 31.6 Å². The summed E-state index contributed by atoms with van der Waals surface area (Å²) in [5.74, 6) is 3.23. The maximum absolute atomic E-state index is 6.67. The Balaban J connectivity index is 1.31. The van der Waals surface area contributed by atoms with Crippen molar-refractivity contribution in [3.63, 3.8) is 0 Å². The van der Waals surface area contributed by atoms with Gasteiger partial charge in [0, 0.05) is 21.8 Å². The lowest BCUT2D eigenvalue weighted by Gasteiger charge is -2.61. The molecule has 0 amide bonds. The Bertz CT molecular complexity index is 1620. The van der Waals surface area contributed by atoms with E-state index in [2.05, 4.69) is 82.3 Å². The zero-order valence-corrected chi connectivity index (χ0v) is 22.8. The van der Waals surface area contributed by atoms with Crippen molar-refractivity contribution in [1.82, 2.24) is 0 Å². The number of furan rings is 1. The van der Waals surface area contributed by atoms with E-state index in [1.54, 1.807) is 0 Å². The second kappa shape index (κ2) is 6.95. The van der Waals surface area contributed by atoms with Gasteiger partial charge in [0.25, 0.3) is 0 Å². The number of para-hydroxylation sites is 1. The molecule has 3 aromatic carbocycles. The first kappa shape index (κ1) is 22.3. The van der Waals surface area contributed by atoms with Crippen LogP contribution in [-0.4, -0.2) is 18.3 Å². The standard InChI is InChI=1S/C34H35BO3/c1-32(2)33(3,4)38-35(37-32)23-9-10-26-28(18-23)34(21-14-19-13-20(16-21)17-22(34)15-19)27-12-11-25-24-7-5-6-8-29(24)36-31(25)30(26)27/h5-12,18-22H,13-17H2,1-4H3. The fraction of sp³-hybridized carbons (Fsp3) is 0.471. The summed E-state index contributed by atoms with van der Waals surface area (Å²) < 4.78 is 19.8. The summed E-state index contributed by atoms with van der Waals surface area (Å²) in [5.41, 5.74) is 8.35. The Hall–Kier alpha value is -2.56. The minimum absolute atomic E-state index is 0.0743. The molecule has 4 bridgehead atoms. The van der Waals surface area contributed by atoms with E-state index in [0.717, 1.165) is 28.5 Å². The van der Waals surface area contributed by atoms with Crippen molar-refractivity contribution in [2.75, 3.05) is 0 Å². The molecule has 4 aromatic rings. The molecule has 1 aromatic heterocycles. The highest BCUT2D eigenvalue weighted by atomic mass is 16.7. The van der Waals surface area contributed by atoms with Crippen LogP contribution in [0.2, 0.25) is 0 Å². The molecular formula is C34H35BO3. The Morgan fingerprint density at radius 1 is 0.711 bits per heavy atom. The van der Waals surface area contributed by atoms with Crippen molar-refractivity contribution in [3.8, 4) is 11.1 Å². The van der Waals surface area contributed by atoms with E-state index in [9.17, 15) is 0 Å². The van der Waals surface area contributed by atoms with Crippen molar-refractivity contribution in [3.05, 3.63) is 65.7 Å². The lowest BCUT2D eigenvalue weighted by atomic mass is 9.43. The van der Waals surface area contributed by atoms with Crippen molar-refractivity contribution in [2.45, 2.75) is 76.4 Å². The summed E-state index contributed by atoms with van der Waals surface area (Å²) in [4.78, 5) is 0. The van der Waals surface area contributed by atoms with Gasteiger partial charge in [0.05, 0.1) is 11.2 Å². The van der Waals surface area contributed by atoms with Crippen molar-refractivity contribution >= 4 is 34.5 Å². The third kappa shape index (κ3) is 2.55. The molecule has 2 heterocycles. The summed E-state index contributed by atoms with van der Waals surface area (Å²) in [5, 5.41) is 2.45. The van der Waals surface area contributed by atoms with Gasteiger partial charge >= 0.3 is 7.12 Å². The molecule has 4 saturated carbocycles. The van der Waals surface area contributed by atoms with Crippen LogP contribution in [0.25, 0.3) is 33.1 Å². The van der Waals surface area contributed by atoms with Crippen LogP contribution >= 0.6 is 0 Å². The molecule has 6 aliphatic rings. The zero-order chi connectivity index (χ0) is 25.6. The minimum Gasteiger partial charge on any atom is -0.455 e. The Morgan fingerprint density at radius 2 is 1.39 bits per heavy atom. The number of fused-ring (bicyclic) bond motifs is 7. The fourth-order valence-electron chi connectivity index (χ4n) is 9.60. The average Bonchev–Trinajstić information content (AvgIpc) is 3.47. The fourth-order valence-corrected chi connectivity index (χ4v) is 9.60. The molecule has 1 spiro atoms.